The maximum absolute atomic E-state index is 11.3. The van der Waals surface area contributed by atoms with Crippen LogP contribution in [0.5, 0.6) is 5.75 Å². The first-order valence-corrected chi connectivity index (χ1v) is 9.44. The molecule has 0 aliphatic carbocycles. The third-order valence-electron chi connectivity index (χ3n) is 4.37. The second-order valence-electron chi connectivity index (χ2n) is 6.07. The summed E-state index contributed by atoms with van der Waals surface area (Å²) in [5.74, 6) is 0.786. The van der Waals surface area contributed by atoms with E-state index < -0.39 is 15.5 Å². The number of ether oxygens (including phenoxy) is 1. The molecule has 0 atom stereocenters. The second kappa shape index (κ2) is 7.40. The molecule has 0 radical (unpaired) electrons. The van der Waals surface area contributed by atoms with Gasteiger partial charge in [-0.1, -0.05) is 23.9 Å². The van der Waals surface area contributed by atoms with Crippen LogP contribution in [0.3, 0.4) is 0 Å². The van der Waals surface area contributed by atoms with Gasteiger partial charge in [-0.3, -0.25) is 25.7 Å². The zero-order valence-corrected chi connectivity index (χ0v) is 15.9. The summed E-state index contributed by atoms with van der Waals surface area (Å²) in [4.78, 5) is 21.8. The van der Waals surface area contributed by atoms with Crippen molar-refractivity contribution in [1.29, 1.82) is 0 Å². The molecular weight excluding hydrogens is 396 g/mol. The average molecular weight is 410 g/mol. The van der Waals surface area contributed by atoms with Crippen molar-refractivity contribution >= 4 is 44.6 Å². The Kier molecular flexibility index (Phi) is 4.77. The molecule has 9 nitrogen and oxygen atoms in total. The molecule has 0 amide bonds. The summed E-state index contributed by atoms with van der Waals surface area (Å²) in [7, 11) is 0. The van der Waals surface area contributed by atoms with Gasteiger partial charge in [0.05, 0.1) is 22.5 Å². The lowest BCUT2D eigenvalue weighted by Gasteiger charge is -2.08. The number of hydrazone groups is 1. The van der Waals surface area contributed by atoms with Gasteiger partial charge in [-0.2, -0.15) is 5.10 Å². The Bertz CT molecular complexity index is 1190. The smallest absolute Gasteiger partial charge is 0.301 e. The molecule has 0 bridgehead atoms. The Morgan fingerprint density at radius 2 is 1.93 bits per heavy atom. The van der Waals surface area contributed by atoms with Gasteiger partial charge in [0.25, 0.3) is 5.69 Å². The molecule has 29 heavy (non-hydrogen) atoms. The van der Waals surface area contributed by atoms with Crippen LogP contribution < -0.4 is 10.2 Å². The van der Waals surface area contributed by atoms with E-state index in [9.17, 15) is 20.2 Å². The van der Waals surface area contributed by atoms with Crippen LogP contribution >= 0.6 is 11.8 Å². The van der Waals surface area contributed by atoms with E-state index in [1.807, 2.05) is 37.3 Å². The lowest BCUT2D eigenvalue weighted by Crippen LogP contribution is -2.01. The monoisotopic (exact) mass is 410 g/mol. The van der Waals surface area contributed by atoms with Gasteiger partial charge in [0, 0.05) is 27.3 Å². The van der Waals surface area contributed by atoms with Gasteiger partial charge in [-0.05, 0) is 31.2 Å². The molecule has 1 heterocycles. The summed E-state index contributed by atoms with van der Waals surface area (Å²) in [5, 5.41) is 29.2. The molecule has 1 aliphatic rings. The van der Waals surface area contributed by atoms with Crippen molar-refractivity contribution in [2.75, 3.05) is 12.0 Å². The highest BCUT2D eigenvalue weighted by Gasteiger charge is 2.24. The Morgan fingerprint density at radius 1 is 1.10 bits per heavy atom. The third-order valence-corrected chi connectivity index (χ3v) is 5.43. The first-order chi connectivity index (χ1) is 14.0. The van der Waals surface area contributed by atoms with Crippen molar-refractivity contribution < 1.29 is 14.6 Å². The average Bonchev–Trinajstić information content (AvgIpc) is 3.07. The summed E-state index contributed by atoms with van der Waals surface area (Å²) in [6.07, 6.45) is 0. The Balaban J connectivity index is 1.72. The van der Waals surface area contributed by atoms with E-state index in [0.29, 0.717) is 11.7 Å². The number of nitrogens with zero attached hydrogens (tertiary/aromatic N) is 3. The van der Waals surface area contributed by atoms with E-state index in [1.165, 1.54) is 23.9 Å². The first-order valence-electron chi connectivity index (χ1n) is 8.63. The van der Waals surface area contributed by atoms with Crippen molar-refractivity contribution in [3.05, 3.63) is 74.3 Å². The highest BCUT2D eigenvalue weighted by molar-refractivity contribution is 8.15. The molecule has 4 rings (SSSR count). The van der Waals surface area contributed by atoms with Crippen LogP contribution in [0.4, 0.5) is 17.1 Å². The number of nitrogens with one attached hydrogen (secondary N) is 1. The number of thioether (sulfide) groups is 1. The fraction of sp³-hybridized carbons (Fsp3) is 0.105. The number of nitro groups is 2. The number of nitro benzene ring substituents is 2. The molecule has 10 heteroatoms. The van der Waals surface area contributed by atoms with Crippen LogP contribution in [0.1, 0.15) is 12.5 Å². The number of anilines is 1. The quantitative estimate of drug-likeness (QED) is 0.451. The minimum Gasteiger partial charge on any atom is -0.493 e. The largest absolute Gasteiger partial charge is 0.493 e. The van der Waals surface area contributed by atoms with Crippen LogP contribution in [0.15, 0.2) is 58.5 Å². The summed E-state index contributed by atoms with van der Waals surface area (Å²) < 4.78 is 5.70. The van der Waals surface area contributed by atoms with Crippen molar-refractivity contribution in [1.82, 2.24) is 0 Å². The maximum atomic E-state index is 11.3. The minimum atomic E-state index is -0.679. The Labute approximate surface area is 168 Å². The number of hydrogen-bond donors (Lipinski definition) is 1. The minimum absolute atomic E-state index is 0.0758. The topological polar surface area (TPSA) is 120 Å². The Hall–Kier alpha value is -3.66. The summed E-state index contributed by atoms with van der Waals surface area (Å²) >= 11 is 1.44. The van der Waals surface area contributed by atoms with Crippen molar-refractivity contribution in [3.63, 3.8) is 0 Å². The molecule has 1 aliphatic heterocycles. The van der Waals surface area contributed by atoms with Crippen LogP contribution in [0.2, 0.25) is 0 Å². The predicted molar refractivity (Wildman–Crippen MR) is 111 cm³/mol. The third kappa shape index (κ3) is 3.34. The van der Waals surface area contributed by atoms with Gasteiger partial charge in [-0.25, -0.2) is 0 Å². The molecule has 0 fully saturated rings. The molecule has 3 aromatic carbocycles. The van der Waals surface area contributed by atoms with Gasteiger partial charge in [-0.15, -0.1) is 0 Å². The van der Waals surface area contributed by atoms with Gasteiger partial charge >= 0.3 is 5.69 Å². The van der Waals surface area contributed by atoms with Crippen LogP contribution in [-0.2, 0) is 0 Å². The predicted octanol–water partition coefficient (Wildman–Crippen LogP) is 4.93. The van der Waals surface area contributed by atoms with Gasteiger partial charge in [0.2, 0.25) is 0 Å². The zero-order valence-electron chi connectivity index (χ0n) is 15.1. The first kappa shape index (κ1) is 18.7. The highest BCUT2D eigenvalue weighted by atomic mass is 32.2. The molecular formula is C19H14N4O5S. The lowest BCUT2D eigenvalue weighted by atomic mass is 10.0. The van der Waals surface area contributed by atoms with Crippen molar-refractivity contribution in [2.45, 2.75) is 11.8 Å². The molecule has 0 saturated heterocycles. The fourth-order valence-electron chi connectivity index (χ4n) is 3.12. The molecule has 0 saturated carbocycles. The molecule has 0 spiro atoms. The maximum Gasteiger partial charge on any atom is 0.301 e. The Morgan fingerprint density at radius 3 is 2.66 bits per heavy atom. The number of non-ortho nitro benzene ring substituents is 1. The normalized spacial score (nSPS) is 13.6. The highest BCUT2D eigenvalue weighted by Crippen LogP contribution is 2.44. The molecule has 1 N–H and O–H groups in total. The summed E-state index contributed by atoms with van der Waals surface area (Å²) in [5.41, 5.74) is 2.89. The van der Waals surface area contributed by atoms with Gasteiger partial charge in [0.1, 0.15) is 16.5 Å². The standard InChI is InChI=1S/C19H14N4O5S/c1-2-28-16-9-7-13-18-12(16)4-3-5-17(18)29-19(13)21-20-14-8-6-11(22(24)25)10-15(14)23(26)27/h3-10,20H,2H2,1H3. The van der Waals surface area contributed by atoms with E-state index in [-0.39, 0.29) is 11.4 Å². The fourth-order valence-corrected chi connectivity index (χ4v) is 4.17. The zero-order chi connectivity index (χ0) is 20.5. The lowest BCUT2D eigenvalue weighted by molar-refractivity contribution is -0.393. The molecule has 146 valence electrons. The number of benzene rings is 3. The molecule has 0 unspecified atom stereocenters. The number of rotatable bonds is 6. The second-order valence-corrected chi connectivity index (χ2v) is 7.10. The molecule has 3 aromatic rings. The van der Waals surface area contributed by atoms with Gasteiger partial charge < -0.3 is 4.74 Å². The van der Waals surface area contributed by atoms with E-state index in [2.05, 4.69) is 10.5 Å². The van der Waals surface area contributed by atoms with E-state index in [4.69, 9.17) is 4.74 Å². The van der Waals surface area contributed by atoms with Crippen LogP contribution in [0.25, 0.3) is 10.8 Å². The SMILES string of the molecule is CCOc1ccc2c3c(cccc13)SC2=NNc1ccc([N+](=O)[O-])cc1[N+](=O)[O-]. The van der Waals surface area contributed by atoms with Crippen molar-refractivity contribution in [3.8, 4) is 5.75 Å². The van der Waals surface area contributed by atoms with Gasteiger partial charge in [0.15, 0.2) is 0 Å². The van der Waals surface area contributed by atoms with Crippen LogP contribution in [-0.4, -0.2) is 21.5 Å². The molecule has 0 aromatic heterocycles. The van der Waals surface area contributed by atoms with E-state index in [0.717, 1.165) is 33.0 Å². The summed E-state index contributed by atoms with van der Waals surface area (Å²) in [6, 6.07) is 13.1. The van der Waals surface area contributed by atoms with E-state index >= 15 is 0 Å². The number of hydrogen-bond acceptors (Lipinski definition) is 8. The van der Waals surface area contributed by atoms with E-state index in [1.54, 1.807) is 0 Å². The van der Waals surface area contributed by atoms with Crippen LogP contribution in [0, 0.1) is 20.2 Å². The summed E-state index contributed by atoms with van der Waals surface area (Å²) in [6.45, 7) is 2.48. The van der Waals surface area contributed by atoms with Crippen molar-refractivity contribution in [2.24, 2.45) is 5.10 Å².